The van der Waals surface area contributed by atoms with Crippen molar-refractivity contribution in [2.75, 3.05) is 13.6 Å². The van der Waals surface area contributed by atoms with Crippen molar-refractivity contribution in [2.45, 2.75) is 39.3 Å². The Hall–Kier alpha value is -2.57. The van der Waals surface area contributed by atoms with Crippen LogP contribution in [0.25, 0.3) is 0 Å². The lowest BCUT2D eigenvalue weighted by atomic mass is 10.0. The number of carboxylic acid groups (broad SMARTS) is 1. The molecule has 1 heterocycles. The van der Waals surface area contributed by atoms with E-state index in [2.05, 4.69) is 5.10 Å². The number of benzene rings is 1. The van der Waals surface area contributed by atoms with E-state index in [0.717, 1.165) is 16.1 Å². The van der Waals surface area contributed by atoms with Crippen molar-refractivity contribution >= 4 is 17.9 Å². The van der Waals surface area contributed by atoms with Crippen LogP contribution in [0.5, 0.6) is 0 Å². The van der Waals surface area contributed by atoms with Crippen molar-refractivity contribution in [3.63, 3.8) is 0 Å². The lowest BCUT2D eigenvalue weighted by Crippen LogP contribution is -2.46. The highest BCUT2D eigenvalue weighted by Gasteiger charge is 2.37. The highest BCUT2D eigenvalue weighted by molar-refractivity contribution is 6.07. The molecule has 1 N–H and O–H groups in total. The zero-order valence-corrected chi connectivity index (χ0v) is 14.6. The van der Waals surface area contributed by atoms with Crippen LogP contribution in [0.15, 0.2) is 29.4 Å². The number of likely N-dealkylation sites (N-methyl/N-ethyl adjacent to an activating group) is 1. The third-order valence-electron chi connectivity index (χ3n) is 3.61. The van der Waals surface area contributed by atoms with E-state index < -0.39 is 23.8 Å². The van der Waals surface area contributed by atoms with Gasteiger partial charge in [0, 0.05) is 7.05 Å². The molecule has 0 aliphatic carbocycles. The Labute approximate surface area is 141 Å². The average Bonchev–Trinajstić information content (AvgIpc) is 2.90. The van der Waals surface area contributed by atoms with E-state index in [1.54, 1.807) is 27.8 Å². The highest BCUT2D eigenvalue weighted by Crippen LogP contribution is 2.21. The summed E-state index contributed by atoms with van der Waals surface area (Å²) in [6.45, 7) is 7.39. The SMILES string of the molecule is Cc1ccc(C2=NN(C(=O)O)CC2N(C)C(=O)OC(C)(C)C)cc1. The van der Waals surface area contributed by atoms with E-state index in [1.807, 2.05) is 31.2 Å². The lowest BCUT2D eigenvalue weighted by molar-refractivity contribution is 0.0258. The molecule has 24 heavy (non-hydrogen) atoms. The highest BCUT2D eigenvalue weighted by atomic mass is 16.6. The van der Waals surface area contributed by atoms with Crippen molar-refractivity contribution in [2.24, 2.45) is 5.10 Å². The summed E-state index contributed by atoms with van der Waals surface area (Å²) < 4.78 is 5.38. The number of nitrogens with zero attached hydrogens (tertiary/aromatic N) is 3. The van der Waals surface area contributed by atoms with Crippen LogP contribution in [0.1, 0.15) is 31.9 Å². The molecule has 0 saturated heterocycles. The number of rotatable bonds is 2. The smallest absolute Gasteiger partial charge is 0.428 e. The van der Waals surface area contributed by atoms with Gasteiger partial charge in [0.2, 0.25) is 0 Å². The van der Waals surface area contributed by atoms with Gasteiger partial charge in [0.1, 0.15) is 5.60 Å². The summed E-state index contributed by atoms with van der Waals surface area (Å²) in [5, 5.41) is 14.3. The number of carbonyl (C=O) groups excluding carboxylic acids is 1. The second-order valence-electron chi connectivity index (χ2n) is 6.82. The molecular formula is C17H23N3O4. The fraction of sp³-hybridized carbons (Fsp3) is 0.471. The summed E-state index contributed by atoms with van der Waals surface area (Å²) in [4.78, 5) is 25.0. The summed E-state index contributed by atoms with van der Waals surface area (Å²) in [5.41, 5.74) is 1.78. The van der Waals surface area contributed by atoms with Crippen LogP contribution < -0.4 is 0 Å². The Kier molecular flexibility index (Phi) is 4.82. The molecule has 0 aromatic heterocycles. The van der Waals surface area contributed by atoms with Crippen molar-refractivity contribution in [1.82, 2.24) is 9.91 Å². The molecule has 1 aromatic rings. The van der Waals surface area contributed by atoms with Gasteiger partial charge in [-0.2, -0.15) is 10.1 Å². The van der Waals surface area contributed by atoms with Crippen LogP contribution in [0.2, 0.25) is 0 Å². The number of aryl methyl sites for hydroxylation is 1. The van der Waals surface area contributed by atoms with Crippen LogP contribution >= 0.6 is 0 Å². The molecule has 1 aliphatic rings. The molecule has 1 unspecified atom stereocenters. The lowest BCUT2D eigenvalue weighted by Gasteiger charge is -2.29. The minimum atomic E-state index is -1.15. The molecule has 130 valence electrons. The monoisotopic (exact) mass is 333 g/mol. The van der Waals surface area contributed by atoms with Gasteiger partial charge in [-0.3, -0.25) is 0 Å². The van der Waals surface area contributed by atoms with E-state index in [9.17, 15) is 14.7 Å². The molecule has 1 aromatic carbocycles. The zero-order chi connectivity index (χ0) is 18.1. The van der Waals surface area contributed by atoms with Gasteiger partial charge in [-0.15, -0.1) is 0 Å². The molecular weight excluding hydrogens is 310 g/mol. The van der Waals surface area contributed by atoms with Crippen molar-refractivity contribution in [1.29, 1.82) is 0 Å². The van der Waals surface area contributed by atoms with Gasteiger partial charge in [0.25, 0.3) is 0 Å². The third kappa shape index (κ3) is 4.04. The topological polar surface area (TPSA) is 82.4 Å². The molecule has 2 rings (SSSR count). The summed E-state index contributed by atoms with van der Waals surface area (Å²) in [5.74, 6) is 0. The van der Waals surface area contributed by atoms with E-state index in [-0.39, 0.29) is 6.54 Å². The number of amides is 2. The van der Waals surface area contributed by atoms with E-state index in [1.165, 1.54) is 4.90 Å². The van der Waals surface area contributed by atoms with E-state index in [4.69, 9.17) is 4.74 Å². The Balaban J connectivity index is 2.30. The fourth-order valence-electron chi connectivity index (χ4n) is 2.35. The van der Waals surface area contributed by atoms with Crippen LogP contribution in [0, 0.1) is 6.92 Å². The molecule has 1 atom stereocenters. The molecule has 0 saturated carbocycles. The first-order valence-electron chi connectivity index (χ1n) is 7.70. The number of hydrogen-bond acceptors (Lipinski definition) is 4. The van der Waals surface area contributed by atoms with Gasteiger partial charge in [-0.05, 0) is 33.3 Å². The van der Waals surface area contributed by atoms with E-state index >= 15 is 0 Å². The first kappa shape index (κ1) is 17.8. The molecule has 0 fully saturated rings. The second kappa shape index (κ2) is 6.51. The molecule has 1 aliphatic heterocycles. The minimum Gasteiger partial charge on any atom is -0.464 e. The van der Waals surface area contributed by atoms with Crippen molar-refractivity contribution in [3.8, 4) is 0 Å². The minimum absolute atomic E-state index is 0.0777. The maximum atomic E-state index is 12.3. The second-order valence-corrected chi connectivity index (χ2v) is 6.82. The zero-order valence-electron chi connectivity index (χ0n) is 14.6. The molecule has 0 radical (unpaired) electrons. The third-order valence-corrected chi connectivity index (χ3v) is 3.61. The normalized spacial score (nSPS) is 17.5. The number of carbonyl (C=O) groups is 2. The van der Waals surface area contributed by atoms with Gasteiger partial charge in [0.05, 0.1) is 18.3 Å². The Morgan fingerprint density at radius 3 is 2.38 bits per heavy atom. The predicted molar refractivity (Wildman–Crippen MR) is 90.2 cm³/mol. The number of ether oxygens (including phenoxy) is 1. The van der Waals surface area contributed by atoms with Crippen molar-refractivity contribution < 1.29 is 19.4 Å². The van der Waals surface area contributed by atoms with Gasteiger partial charge >= 0.3 is 12.2 Å². The van der Waals surface area contributed by atoms with Crippen LogP contribution in [0.4, 0.5) is 9.59 Å². The Morgan fingerprint density at radius 2 is 1.88 bits per heavy atom. The van der Waals surface area contributed by atoms with E-state index in [0.29, 0.717) is 5.71 Å². The van der Waals surface area contributed by atoms with Gasteiger partial charge in [-0.25, -0.2) is 9.59 Å². The maximum absolute atomic E-state index is 12.3. The average molecular weight is 333 g/mol. The van der Waals surface area contributed by atoms with Gasteiger partial charge in [-0.1, -0.05) is 29.8 Å². The van der Waals surface area contributed by atoms with Crippen LogP contribution in [-0.4, -0.2) is 58.1 Å². The molecule has 0 spiro atoms. The van der Waals surface area contributed by atoms with Crippen LogP contribution in [-0.2, 0) is 4.74 Å². The largest absolute Gasteiger partial charge is 0.464 e. The quantitative estimate of drug-likeness (QED) is 0.902. The number of hydrogen-bond donors (Lipinski definition) is 1. The summed E-state index contributed by atoms with van der Waals surface area (Å²) in [6.07, 6.45) is -1.67. The number of hydrazone groups is 1. The Morgan fingerprint density at radius 1 is 1.29 bits per heavy atom. The summed E-state index contributed by atoms with van der Waals surface area (Å²) >= 11 is 0. The Bertz CT molecular complexity index is 661. The molecule has 0 bridgehead atoms. The molecule has 2 amide bonds. The summed E-state index contributed by atoms with van der Waals surface area (Å²) in [6, 6.07) is 7.08. The fourth-order valence-corrected chi connectivity index (χ4v) is 2.35. The van der Waals surface area contributed by atoms with Crippen LogP contribution in [0.3, 0.4) is 0 Å². The van der Waals surface area contributed by atoms with Gasteiger partial charge in [0.15, 0.2) is 0 Å². The molecule has 7 heteroatoms. The maximum Gasteiger partial charge on any atom is 0.428 e. The standard InChI is InChI=1S/C17H23N3O4/c1-11-6-8-12(9-7-11)14-13(10-20(18-14)15(21)22)19(5)16(23)24-17(2,3)4/h6-9,13H,10H2,1-5H3,(H,21,22). The summed E-state index contributed by atoms with van der Waals surface area (Å²) in [7, 11) is 1.59. The van der Waals surface area contributed by atoms with Crippen molar-refractivity contribution in [3.05, 3.63) is 35.4 Å². The molecule has 7 nitrogen and oxygen atoms in total. The first-order valence-corrected chi connectivity index (χ1v) is 7.70. The predicted octanol–water partition coefficient (Wildman–Crippen LogP) is 2.93. The first-order chi connectivity index (χ1) is 11.1. The van der Waals surface area contributed by atoms with Gasteiger partial charge < -0.3 is 14.7 Å².